The first-order valence-electron chi connectivity index (χ1n) is 6.91. The molecule has 3 nitrogen and oxygen atoms in total. The van der Waals surface area contributed by atoms with Gasteiger partial charge in [0, 0.05) is 18.3 Å². The van der Waals surface area contributed by atoms with E-state index in [0.29, 0.717) is 18.5 Å². The fraction of sp³-hybridized carbons (Fsp3) is 0.533. The van der Waals surface area contributed by atoms with Gasteiger partial charge in [-0.3, -0.25) is 0 Å². The summed E-state index contributed by atoms with van der Waals surface area (Å²) in [6.07, 6.45) is 1.85. The summed E-state index contributed by atoms with van der Waals surface area (Å²) in [5.74, 6) is 2.49. The van der Waals surface area contributed by atoms with E-state index in [4.69, 9.17) is 21.3 Å². The second-order valence-electron chi connectivity index (χ2n) is 4.65. The van der Waals surface area contributed by atoms with Gasteiger partial charge in [-0.05, 0) is 32.4 Å². The van der Waals surface area contributed by atoms with E-state index < -0.39 is 0 Å². The van der Waals surface area contributed by atoms with Gasteiger partial charge in [-0.2, -0.15) is 0 Å². The molecule has 0 fully saturated rings. The van der Waals surface area contributed by atoms with Crippen molar-refractivity contribution >= 4 is 22.6 Å². The van der Waals surface area contributed by atoms with Crippen molar-refractivity contribution in [1.29, 1.82) is 0 Å². The number of hydrogen-bond acceptors (Lipinski definition) is 2. The maximum Gasteiger partial charge on any atom is 0.147 e. The minimum atomic E-state index is 0.417. The number of halogens is 1. The number of aromatic nitrogens is 2. The molecular formula is C15H21ClN2O. The number of alkyl halides is 1. The molecule has 1 unspecified atom stereocenters. The number of para-hydroxylation sites is 1. The number of nitrogens with zero attached hydrogens (tertiary/aromatic N) is 2. The van der Waals surface area contributed by atoms with E-state index in [1.54, 1.807) is 0 Å². The van der Waals surface area contributed by atoms with Crippen LogP contribution in [0.4, 0.5) is 0 Å². The minimum absolute atomic E-state index is 0.417. The zero-order valence-corrected chi connectivity index (χ0v) is 12.6. The first-order valence-corrected chi connectivity index (χ1v) is 7.44. The van der Waals surface area contributed by atoms with Crippen molar-refractivity contribution in [2.75, 3.05) is 12.5 Å². The van der Waals surface area contributed by atoms with E-state index in [1.807, 2.05) is 19.1 Å². The molecule has 0 radical (unpaired) electrons. The van der Waals surface area contributed by atoms with Gasteiger partial charge in [0.25, 0.3) is 0 Å². The number of aryl methyl sites for hydroxylation is 1. The lowest BCUT2D eigenvalue weighted by Gasteiger charge is -2.15. The molecule has 1 heterocycles. The van der Waals surface area contributed by atoms with Gasteiger partial charge in [-0.15, -0.1) is 11.6 Å². The maximum atomic E-state index is 5.90. The second-order valence-corrected chi connectivity index (χ2v) is 5.03. The third-order valence-corrected chi connectivity index (χ3v) is 3.59. The van der Waals surface area contributed by atoms with Gasteiger partial charge in [0.1, 0.15) is 17.1 Å². The first-order chi connectivity index (χ1) is 9.22. The lowest BCUT2D eigenvalue weighted by atomic mass is 10.2. The summed E-state index contributed by atoms with van der Waals surface area (Å²) in [4.78, 5) is 4.74. The molecule has 1 aromatic heterocycles. The van der Waals surface area contributed by atoms with Crippen molar-refractivity contribution in [3.8, 4) is 5.75 Å². The highest BCUT2D eigenvalue weighted by Gasteiger charge is 2.16. The van der Waals surface area contributed by atoms with E-state index in [2.05, 4.69) is 24.5 Å². The highest BCUT2D eigenvalue weighted by atomic mass is 35.5. The van der Waals surface area contributed by atoms with Gasteiger partial charge in [-0.1, -0.05) is 13.0 Å². The van der Waals surface area contributed by atoms with E-state index in [1.165, 1.54) is 0 Å². The smallest absolute Gasteiger partial charge is 0.147 e. The Bertz CT molecular complexity index is 550. The van der Waals surface area contributed by atoms with Gasteiger partial charge in [-0.25, -0.2) is 4.98 Å². The van der Waals surface area contributed by atoms with Crippen molar-refractivity contribution in [2.24, 2.45) is 0 Å². The Kier molecular flexibility index (Phi) is 4.70. The Morgan fingerprint density at radius 1 is 1.37 bits per heavy atom. The Labute approximate surface area is 119 Å². The molecule has 0 saturated heterocycles. The molecular weight excluding hydrogens is 260 g/mol. The van der Waals surface area contributed by atoms with E-state index >= 15 is 0 Å². The van der Waals surface area contributed by atoms with Crippen LogP contribution in [0.2, 0.25) is 0 Å². The van der Waals surface area contributed by atoms with E-state index in [-0.39, 0.29) is 0 Å². The molecule has 0 bridgehead atoms. The second kappa shape index (κ2) is 6.29. The molecule has 0 N–H and O–H groups in total. The number of ether oxygens (including phenoxy) is 1. The molecule has 0 aliphatic carbocycles. The predicted molar refractivity (Wildman–Crippen MR) is 80.3 cm³/mol. The van der Waals surface area contributed by atoms with Crippen molar-refractivity contribution < 1.29 is 4.74 Å². The third-order valence-electron chi connectivity index (χ3n) is 3.41. The highest BCUT2D eigenvalue weighted by Crippen LogP contribution is 2.29. The van der Waals surface area contributed by atoms with Gasteiger partial charge in [0.05, 0.1) is 12.1 Å². The van der Waals surface area contributed by atoms with Crippen LogP contribution >= 0.6 is 11.6 Å². The highest BCUT2D eigenvalue weighted by molar-refractivity contribution is 6.17. The number of hydrogen-bond donors (Lipinski definition) is 0. The van der Waals surface area contributed by atoms with Gasteiger partial charge in [0.2, 0.25) is 0 Å². The SMILES string of the molecule is CCOc1cccc2c1nc(CCCl)n2C(C)CC. The first kappa shape index (κ1) is 14.2. The van der Waals surface area contributed by atoms with Crippen LogP contribution < -0.4 is 4.74 Å². The fourth-order valence-electron chi connectivity index (χ4n) is 2.35. The van der Waals surface area contributed by atoms with Crippen LogP contribution in [0.25, 0.3) is 11.0 Å². The maximum absolute atomic E-state index is 5.90. The van der Waals surface area contributed by atoms with Crippen LogP contribution in [0, 0.1) is 0 Å². The third kappa shape index (κ3) is 2.71. The van der Waals surface area contributed by atoms with Gasteiger partial charge in [0.15, 0.2) is 0 Å². The Hall–Kier alpha value is -1.22. The summed E-state index contributed by atoms with van der Waals surface area (Å²) in [5.41, 5.74) is 2.09. The molecule has 0 spiro atoms. The van der Waals surface area contributed by atoms with Crippen LogP contribution in [-0.4, -0.2) is 22.0 Å². The monoisotopic (exact) mass is 280 g/mol. The number of benzene rings is 1. The van der Waals surface area contributed by atoms with Crippen molar-refractivity contribution in [3.05, 3.63) is 24.0 Å². The largest absolute Gasteiger partial charge is 0.492 e. The van der Waals surface area contributed by atoms with Crippen molar-refractivity contribution in [3.63, 3.8) is 0 Å². The van der Waals surface area contributed by atoms with Gasteiger partial charge >= 0.3 is 0 Å². The summed E-state index contributed by atoms with van der Waals surface area (Å²) >= 11 is 5.90. The van der Waals surface area contributed by atoms with Crippen molar-refractivity contribution in [1.82, 2.24) is 9.55 Å². The van der Waals surface area contributed by atoms with Crippen molar-refractivity contribution in [2.45, 2.75) is 39.7 Å². The molecule has 0 amide bonds. The zero-order valence-electron chi connectivity index (χ0n) is 11.8. The van der Waals surface area contributed by atoms with Crippen LogP contribution in [-0.2, 0) is 6.42 Å². The molecule has 0 aliphatic heterocycles. The van der Waals surface area contributed by atoms with Gasteiger partial charge < -0.3 is 9.30 Å². The summed E-state index contributed by atoms with van der Waals surface area (Å²) < 4.78 is 7.96. The van der Waals surface area contributed by atoms with E-state index in [9.17, 15) is 0 Å². The minimum Gasteiger partial charge on any atom is -0.492 e. The summed E-state index contributed by atoms with van der Waals surface area (Å²) in [6.45, 7) is 7.05. The number of imidazole rings is 1. The molecule has 2 rings (SSSR count). The normalized spacial score (nSPS) is 12.8. The molecule has 104 valence electrons. The van der Waals surface area contributed by atoms with Crippen LogP contribution in [0.3, 0.4) is 0 Å². The molecule has 19 heavy (non-hydrogen) atoms. The topological polar surface area (TPSA) is 27.1 Å². The molecule has 0 saturated carbocycles. The molecule has 4 heteroatoms. The lowest BCUT2D eigenvalue weighted by Crippen LogP contribution is -2.09. The average molecular weight is 281 g/mol. The Morgan fingerprint density at radius 2 is 2.16 bits per heavy atom. The summed E-state index contributed by atoms with van der Waals surface area (Å²) in [7, 11) is 0. The quantitative estimate of drug-likeness (QED) is 0.742. The Morgan fingerprint density at radius 3 is 2.79 bits per heavy atom. The standard InChI is InChI=1S/C15H21ClN2O/c1-4-11(3)18-12-7-6-8-13(19-5-2)15(12)17-14(18)9-10-16/h6-8,11H,4-5,9-10H2,1-3H3. The predicted octanol–water partition coefficient (Wildman–Crippen LogP) is 4.19. The fourth-order valence-corrected chi connectivity index (χ4v) is 2.52. The molecule has 0 aliphatic rings. The molecule has 2 aromatic rings. The number of fused-ring (bicyclic) bond motifs is 1. The molecule has 1 atom stereocenters. The summed E-state index contributed by atoms with van der Waals surface area (Å²) in [6, 6.07) is 6.53. The molecule has 1 aromatic carbocycles. The zero-order chi connectivity index (χ0) is 13.8. The number of rotatable bonds is 6. The van der Waals surface area contributed by atoms with Crippen LogP contribution in [0.5, 0.6) is 5.75 Å². The van der Waals surface area contributed by atoms with Crippen LogP contribution in [0.1, 0.15) is 39.1 Å². The van der Waals surface area contributed by atoms with E-state index in [0.717, 1.165) is 35.4 Å². The Balaban J connectivity index is 2.62. The van der Waals surface area contributed by atoms with Crippen LogP contribution in [0.15, 0.2) is 18.2 Å². The average Bonchev–Trinajstić information content (AvgIpc) is 2.78. The summed E-state index contributed by atoms with van der Waals surface area (Å²) in [5, 5.41) is 0. The lowest BCUT2D eigenvalue weighted by molar-refractivity contribution is 0.343.